The lowest BCUT2D eigenvalue weighted by Crippen LogP contribution is -2.61. The van der Waals surface area contributed by atoms with Crippen LogP contribution in [0.1, 0.15) is 51.5 Å². The number of carbonyl (C=O) groups excluding carboxylic acids is 2. The molecular weight excluding hydrogens is 442 g/mol. The summed E-state index contributed by atoms with van der Waals surface area (Å²) in [6, 6.07) is 7.84. The van der Waals surface area contributed by atoms with E-state index < -0.39 is 28.7 Å². The number of hydrogen-bond acceptors (Lipinski definition) is 6. The molecule has 1 saturated carbocycles. The van der Waals surface area contributed by atoms with Crippen LogP contribution in [0, 0.1) is 5.92 Å². The summed E-state index contributed by atoms with van der Waals surface area (Å²) in [6.45, 7) is 4.01. The number of rotatable bonds is 10. The third-order valence-corrected chi connectivity index (χ3v) is 6.42. The summed E-state index contributed by atoms with van der Waals surface area (Å²) in [6.07, 6.45) is 4.79. The Balaban J connectivity index is 1.68. The van der Waals surface area contributed by atoms with Gasteiger partial charge in [-0.25, -0.2) is 4.79 Å². The third-order valence-electron chi connectivity index (χ3n) is 5.97. The number of aliphatic carboxylic acids is 1. The van der Waals surface area contributed by atoms with E-state index in [-0.39, 0.29) is 12.3 Å². The number of benzene rings is 1. The van der Waals surface area contributed by atoms with E-state index in [1.807, 2.05) is 26.0 Å². The van der Waals surface area contributed by atoms with E-state index in [1.165, 1.54) is 0 Å². The number of nitrogens with one attached hydrogen (secondary N) is 2. The minimum absolute atomic E-state index is 0.115. The second-order valence-corrected chi connectivity index (χ2v) is 9.69. The molecule has 1 fully saturated rings. The SMILES string of the molecule is CC(C)CC(S)C(=O)NC1(C(=O)N[C@@H](Cc2ccc(-c3ccno3)cc2)C(=O)O)CCCC1. The van der Waals surface area contributed by atoms with Crippen molar-refractivity contribution < 1.29 is 24.0 Å². The van der Waals surface area contributed by atoms with E-state index in [0.29, 0.717) is 30.9 Å². The lowest BCUT2D eigenvalue weighted by molar-refractivity contribution is -0.143. The summed E-state index contributed by atoms with van der Waals surface area (Å²) in [5.74, 6) is -0.973. The lowest BCUT2D eigenvalue weighted by atomic mass is 9.94. The molecule has 2 atom stereocenters. The first-order valence-electron chi connectivity index (χ1n) is 11.2. The van der Waals surface area contributed by atoms with Gasteiger partial charge in [-0.2, -0.15) is 12.6 Å². The molecule has 1 aliphatic carbocycles. The van der Waals surface area contributed by atoms with Gasteiger partial charge in [-0.15, -0.1) is 0 Å². The van der Waals surface area contributed by atoms with Gasteiger partial charge >= 0.3 is 5.97 Å². The molecule has 178 valence electrons. The summed E-state index contributed by atoms with van der Waals surface area (Å²) in [5, 5.41) is 18.5. The Bertz CT molecular complexity index is 953. The van der Waals surface area contributed by atoms with Crippen molar-refractivity contribution in [2.45, 2.75) is 69.2 Å². The normalized spacial score (nSPS) is 16.8. The molecule has 1 unspecified atom stereocenters. The maximum absolute atomic E-state index is 13.2. The largest absolute Gasteiger partial charge is 0.480 e. The monoisotopic (exact) mass is 473 g/mol. The van der Waals surface area contributed by atoms with Gasteiger partial charge in [-0.1, -0.05) is 56.1 Å². The number of amides is 2. The number of thiol groups is 1. The van der Waals surface area contributed by atoms with E-state index >= 15 is 0 Å². The van der Waals surface area contributed by atoms with E-state index in [1.54, 1.807) is 24.4 Å². The number of carboxylic acid groups (broad SMARTS) is 1. The highest BCUT2D eigenvalue weighted by atomic mass is 32.1. The summed E-state index contributed by atoms with van der Waals surface area (Å²) < 4.78 is 5.13. The highest BCUT2D eigenvalue weighted by Crippen LogP contribution is 2.31. The smallest absolute Gasteiger partial charge is 0.326 e. The summed E-state index contributed by atoms with van der Waals surface area (Å²) in [5.41, 5.74) is 0.476. The molecular formula is C24H31N3O5S. The maximum Gasteiger partial charge on any atom is 0.326 e. The molecule has 0 spiro atoms. The molecule has 1 aliphatic rings. The zero-order valence-corrected chi connectivity index (χ0v) is 19.8. The quantitative estimate of drug-likeness (QED) is 0.393. The van der Waals surface area contributed by atoms with Gasteiger partial charge in [-0.05, 0) is 30.7 Å². The molecule has 1 aromatic heterocycles. The molecule has 0 aliphatic heterocycles. The second-order valence-electron chi connectivity index (χ2n) is 9.07. The van der Waals surface area contributed by atoms with Crippen molar-refractivity contribution in [3.63, 3.8) is 0 Å². The Morgan fingerprint density at radius 3 is 2.36 bits per heavy atom. The van der Waals surface area contributed by atoms with Crippen LogP contribution in [0.3, 0.4) is 0 Å². The van der Waals surface area contributed by atoms with E-state index in [2.05, 4.69) is 28.4 Å². The van der Waals surface area contributed by atoms with Crippen LogP contribution in [0.5, 0.6) is 0 Å². The van der Waals surface area contributed by atoms with Crippen molar-refractivity contribution in [2.24, 2.45) is 5.92 Å². The van der Waals surface area contributed by atoms with Gasteiger partial charge in [0.25, 0.3) is 0 Å². The van der Waals surface area contributed by atoms with E-state index in [4.69, 9.17) is 4.52 Å². The van der Waals surface area contributed by atoms with Crippen LogP contribution in [-0.2, 0) is 20.8 Å². The van der Waals surface area contributed by atoms with Crippen molar-refractivity contribution in [2.75, 3.05) is 0 Å². The number of nitrogens with zero attached hydrogens (tertiary/aromatic N) is 1. The maximum atomic E-state index is 13.2. The van der Waals surface area contributed by atoms with Gasteiger partial charge < -0.3 is 20.3 Å². The van der Waals surface area contributed by atoms with Crippen molar-refractivity contribution in [1.82, 2.24) is 15.8 Å². The van der Waals surface area contributed by atoms with Gasteiger partial charge in [0, 0.05) is 18.1 Å². The van der Waals surface area contributed by atoms with Gasteiger partial charge in [0.05, 0.1) is 11.4 Å². The molecule has 33 heavy (non-hydrogen) atoms. The summed E-state index contributed by atoms with van der Waals surface area (Å²) in [4.78, 5) is 37.8. The van der Waals surface area contributed by atoms with Crippen molar-refractivity contribution in [3.05, 3.63) is 42.1 Å². The highest BCUT2D eigenvalue weighted by molar-refractivity contribution is 7.81. The Morgan fingerprint density at radius 2 is 1.82 bits per heavy atom. The fraction of sp³-hybridized carbons (Fsp3) is 0.500. The zero-order valence-electron chi connectivity index (χ0n) is 18.9. The Kier molecular flexibility index (Phi) is 8.18. The first-order valence-corrected chi connectivity index (χ1v) is 11.8. The van der Waals surface area contributed by atoms with Crippen LogP contribution < -0.4 is 10.6 Å². The number of carboxylic acids is 1. The highest BCUT2D eigenvalue weighted by Gasteiger charge is 2.44. The summed E-state index contributed by atoms with van der Waals surface area (Å²) >= 11 is 4.39. The molecule has 3 rings (SSSR count). The third kappa shape index (κ3) is 6.37. The molecule has 2 aromatic rings. The Morgan fingerprint density at radius 1 is 1.15 bits per heavy atom. The standard InChI is InChI=1S/C24H31N3O5S/c1-15(2)13-20(33)21(28)27-24(10-3-4-11-24)23(31)26-18(22(29)30)14-16-5-7-17(8-6-16)19-9-12-25-32-19/h5-9,12,15,18,20,33H,3-4,10-11,13-14H2,1-2H3,(H,26,31)(H,27,28)(H,29,30)/t18-,20?/m0/s1. The molecule has 1 heterocycles. The lowest BCUT2D eigenvalue weighted by Gasteiger charge is -2.31. The fourth-order valence-corrected chi connectivity index (χ4v) is 4.65. The fourth-order valence-electron chi connectivity index (χ4n) is 4.16. The predicted molar refractivity (Wildman–Crippen MR) is 127 cm³/mol. The van der Waals surface area contributed by atoms with Crippen LogP contribution >= 0.6 is 12.6 Å². The average Bonchev–Trinajstić information content (AvgIpc) is 3.46. The Labute approximate surface area is 198 Å². The number of hydrogen-bond donors (Lipinski definition) is 4. The topological polar surface area (TPSA) is 122 Å². The van der Waals surface area contributed by atoms with E-state index in [0.717, 1.165) is 24.0 Å². The van der Waals surface area contributed by atoms with Crippen LogP contribution in [0.4, 0.5) is 0 Å². The summed E-state index contributed by atoms with van der Waals surface area (Å²) in [7, 11) is 0. The van der Waals surface area contributed by atoms with E-state index in [9.17, 15) is 19.5 Å². The van der Waals surface area contributed by atoms with Crippen molar-refractivity contribution >= 4 is 30.4 Å². The Hall–Kier alpha value is -2.81. The zero-order chi connectivity index (χ0) is 24.0. The molecule has 9 heteroatoms. The van der Waals surface area contributed by atoms with Gasteiger partial charge in [0.2, 0.25) is 11.8 Å². The molecule has 0 radical (unpaired) electrons. The van der Waals surface area contributed by atoms with Gasteiger partial charge in [0.1, 0.15) is 11.6 Å². The molecule has 1 aromatic carbocycles. The van der Waals surface area contributed by atoms with Gasteiger partial charge in [0.15, 0.2) is 5.76 Å². The minimum Gasteiger partial charge on any atom is -0.480 e. The van der Waals surface area contributed by atoms with Gasteiger partial charge in [-0.3, -0.25) is 9.59 Å². The molecule has 0 saturated heterocycles. The molecule has 0 bridgehead atoms. The first-order chi connectivity index (χ1) is 15.7. The van der Waals surface area contributed by atoms with Crippen LogP contribution in [0.2, 0.25) is 0 Å². The number of aromatic nitrogens is 1. The molecule has 3 N–H and O–H groups in total. The van der Waals surface area contributed by atoms with Crippen LogP contribution in [-0.4, -0.2) is 44.9 Å². The molecule has 8 nitrogen and oxygen atoms in total. The second kappa shape index (κ2) is 10.9. The first kappa shape index (κ1) is 24.8. The predicted octanol–water partition coefficient (Wildman–Crippen LogP) is 3.23. The van der Waals surface area contributed by atoms with Crippen molar-refractivity contribution in [1.29, 1.82) is 0 Å². The van der Waals surface area contributed by atoms with Crippen LogP contribution in [0.25, 0.3) is 11.3 Å². The average molecular weight is 474 g/mol. The number of carbonyl (C=O) groups is 3. The van der Waals surface area contributed by atoms with Crippen LogP contribution in [0.15, 0.2) is 41.1 Å². The molecule has 2 amide bonds. The minimum atomic E-state index is -1.13. The van der Waals surface area contributed by atoms with Crippen molar-refractivity contribution in [3.8, 4) is 11.3 Å².